The van der Waals surface area contributed by atoms with E-state index in [2.05, 4.69) is 10.4 Å². The highest BCUT2D eigenvalue weighted by atomic mass is 16.2. The number of likely N-dealkylation sites (N-methyl/N-ethyl adjacent to an activating group) is 1. The van der Waals surface area contributed by atoms with Crippen LogP contribution in [0.5, 0.6) is 0 Å². The van der Waals surface area contributed by atoms with Gasteiger partial charge in [0.25, 0.3) is 5.56 Å². The van der Waals surface area contributed by atoms with Gasteiger partial charge in [-0.3, -0.25) is 14.4 Å². The molecule has 0 saturated carbocycles. The van der Waals surface area contributed by atoms with Crippen LogP contribution in [0.4, 0.5) is 0 Å². The van der Waals surface area contributed by atoms with Crippen molar-refractivity contribution in [3.8, 4) is 6.07 Å². The van der Waals surface area contributed by atoms with Crippen LogP contribution in [0.2, 0.25) is 0 Å². The first-order chi connectivity index (χ1) is 11.2. The van der Waals surface area contributed by atoms with E-state index in [1.165, 1.54) is 4.90 Å². The van der Waals surface area contributed by atoms with Crippen molar-refractivity contribution in [3.05, 3.63) is 27.2 Å². The maximum atomic E-state index is 12.4. The van der Waals surface area contributed by atoms with Crippen LogP contribution < -0.4 is 10.9 Å². The van der Waals surface area contributed by atoms with Crippen molar-refractivity contribution < 1.29 is 9.59 Å². The maximum absolute atomic E-state index is 12.4. The normalized spacial score (nSPS) is 10.4. The smallest absolute Gasteiger partial charge is 0.285 e. The van der Waals surface area contributed by atoms with Gasteiger partial charge in [0.2, 0.25) is 11.8 Å². The second-order valence-corrected chi connectivity index (χ2v) is 5.79. The second-order valence-electron chi connectivity index (χ2n) is 5.79. The van der Waals surface area contributed by atoms with Crippen LogP contribution in [0, 0.1) is 25.2 Å². The van der Waals surface area contributed by atoms with E-state index in [1.807, 2.05) is 19.9 Å². The van der Waals surface area contributed by atoms with Crippen molar-refractivity contribution in [1.29, 1.82) is 5.26 Å². The molecule has 2 amide bonds. The van der Waals surface area contributed by atoms with Crippen molar-refractivity contribution in [3.63, 3.8) is 0 Å². The summed E-state index contributed by atoms with van der Waals surface area (Å²) in [4.78, 5) is 37.7. The highest BCUT2D eigenvalue weighted by Gasteiger charge is 2.19. The molecule has 0 unspecified atom stereocenters. The Hall–Kier alpha value is -2.69. The number of aryl methyl sites for hydroxylation is 1. The Labute approximate surface area is 141 Å². The second kappa shape index (κ2) is 8.24. The lowest BCUT2D eigenvalue weighted by Crippen LogP contribution is -2.45. The Morgan fingerprint density at radius 2 is 2.00 bits per heavy atom. The maximum Gasteiger partial charge on any atom is 0.285 e. The molecule has 0 bridgehead atoms. The van der Waals surface area contributed by atoms with Crippen molar-refractivity contribution >= 4 is 11.8 Å². The largest absolute Gasteiger partial charge is 0.352 e. The molecule has 0 aromatic carbocycles. The molecule has 0 radical (unpaired) electrons. The summed E-state index contributed by atoms with van der Waals surface area (Å²) in [5.74, 6) is -0.670. The van der Waals surface area contributed by atoms with Gasteiger partial charge in [-0.25, -0.2) is 4.68 Å². The lowest BCUT2D eigenvalue weighted by atomic mass is 10.1. The Morgan fingerprint density at radius 3 is 2.50 bits per heavy atom. The molecule has 0 aliphatic heterocycles. The molecule has 0 aliphatic rings. The molecule has 1 N–H and O–H groups in total. The molecule has 1 aromatic rings. The number of nitriles is 1. The topological polar surface area (TPSA) is 108 Å². The summed E-state index contributed by atoms with van der Waals surface area (Å²) in [5.41, 5.74) is 0.405. The number of carbonyl (C=O) groups is 2. The van der Waals surface area contributed by atoms with Gasteiger partial charge in [-0.2, -0.15) is 10.4 Å². The van der Waals surface area contributed by atoms with Crippen LogP contribution in [0.1, 0.15) is 37.6 Å². The molecule has 0 fully saturated rings. The van der Waals surface area contributed by atoms with E-state index in [-0.39, 0.29) is 30.6 Å². The van der Waals surface area contributed by atoms with E-state index >= 15 is 0 Å². The molecule has 0 aliphatic carbocycles. The fraction of sp³-hybridized carbons (Fsp3) is 0.562. The van der Waals surface area contributed by atoms with Crippen molar-refractivity contribution in [2.75, 3.05) is 13.1 Å². The van der Waals surface area contributed by atoms with Gasteiger partial charge in [0, 0.05) is 12.6 Å². The quantitative estimate of drug-likeness (QED) is 0.794. The number of aromatic nitrogens is 2. The molecular formula is C16H23N5O3. The minimum Gasteiger partial charge on any atom is -0.352 e. The fourth-order valence-corrected chi connectivity index (χ4v) is 2.16. The highest BCUT2D eigenvalue weighted by molar-refractivity contribution is 5.84. The van der Waals surface area contributed by atoms with E-state index in [9.17, 15) is 14.4 Å². The molecule has 0 saturated heterocycles. The zero-order valence-electron chi connectivity index (χ0n) is 14.7. The predicted molar refractivity (Wildman–Crippen MR) is 88.2 cm³/mol. The van der Waals surface area contributed by atoms with Gasteiger partial charge in [0.05, 0.1) is 12.2 Å². The number of amides is 2. The molecular weight excluding hydrogens is 310 g/mol. The molecule has 1 heterocycles. The molecule has 0 spiro atoms. The average molecular weight is 333 g/mol. The van der Waals surface area contributed by atoms with Gasteiger partial charge < -0.3 is 10.2 Å². The monoisotopic (exact) mass is 333 g/mol. The van der Waals surface area contributed by atoms with Crippen LogP contribution in [0.15, 0.2) is 4.79 Å². The zero-order valence-corrected chi connectivity index (χ0v) is 14.7. The Balaban J connectivity index is 2.98. The van der Waals surface area contributed by atoms with Crippen LogP contribution in [0.25, 0.3) is 0 Å². The number of nitrogens with zero attached hydrogens (tertiary/aromatic N) is 4. The number of hydrogen-bond donors (Lipinski definition) is 1. The van der Waals surface area contributed by atoms with Crippen LogP contribution in [0.3, 0.4) is 0 Å². The average Bonchev–Trinajstić information content (AvgIpc) is 2.50. The molecule has 1 rings (SSSR count). The van der Waals surface area contributed by atoms with Crippen LogP contribution in [-0.4, -0.2) is 45.6 Å². The molecule has 24 heavy (non-hydrogen) atoms. The third-order valence-electron chi connectivity index (χ3n) is 3.55. The Kier molecular flexibility index (Phi) is 6.65. The lowest BCUT2D eigenvalue weighted by Gasteiger charge is -2.21. The SMILES string of the molecule is CCN(CC(=O)NC(C)C)C(=O)Cn1nc(C)c(C)c(C#N)c1=O. The summed E-state index contributed by atoms with van der Waals surface area (Å²) < 4.78 is 0.978. The first kappa shape index (κ1) is 19.4. The minimum atomic E-state index is -0.600. The molecule has 8 nitrogen and oxygen atoms in total. The summed E-state index contributed by atoms with van der Waals surface area (Å²) >= 11 is 0. The van der Waals surface area contributed by atoms with E-state index in [0.717, 1.165) is 4.68 Å². The van der Waals surface area contributed by atoms with Crippen molar-refractivity contribution in [1.82, 2.24) is 20.0 Å². The van der Waals surface area contributed by atoms with Crippen LogP contribution in [-0.2, 0) is 16.1 Å². The number of carbonyl (C=O) groups excluding carboxylic acids is 2. The van der Waals surface area contributed by atoms with Gasteiger partial charge in [0.1, 0.15) is 18.2 Å². The summed E-state index contributed by atoms with van der Waals surface area (Å²) in [6.07, 6.45) is 0. The summed E-state index contributed by atoms with van der Waals surface area (Å²) in [6.45, 7) is 8.66. The standard InChI is InChI=1S/C16H23N5O3/c1-6-20(8-14(22)18-10(2)3)15(23)9-21-16(24)13(7-17)11(4)12(5)19-21/h10H,6,8-9H2,1-5H3,(H,18,22). The van der Waals surface area contributed by atoms with Gasteiger partial charge in [-0.05, 0) is 40.2 Å². The van der Waals surface area contributed by atoms with E-state index in [1.54, 1.807) is 20.8 Å². The van der Waals surface area contributed by atoms with E-state index in [4.69, 9.17) is 5.26 Å². The third-order valence-corrected chi connectivity index (χ3v) is 3.55. The van der Waals surface area contributed by atoms with Gasteiger partial charge in [-0.1, -0.05) is 0 Å². The Morgan fingerprint density at radius 1 is 1.38 bits per heavy atom. The van der Waals surface area contributed by atoms with Crippen molar-refractivity contribution in [2.45, 2.75) is 47.2 Å². The third kappa shape index (κ3) is 4.65. The van der Waals surface area contributed by atoms with E-state index < -0.39 is 11.5 Å². The van der Waals surface area contributed by atoms with Gasteiger partial charge in [-0.15, -0.1) is 0 Å². The van der Waals surface area contributed by atoms with Crippen LogP contribution >= 0.6 is 0 Å². The van der Waals surface area contributed by atoms with Gasteiger partial charge >= 0.3 is 0 Å². The minimum absolute atomic E-state index is 0.0177. The van der Waals surface area contributed by atoms with Gasteiger partial charge in [0.15, 0.2) is 0 Å². The fourth-order valence-electron chi connectivity index (χ4n) is 2.16. The molecule has 130 valence electrons. The number of hydrogen-bond acceptors (Lipinski definition) is 5. The lowest BCUT2D eigenvalue weighted by molar-refractivity contribution is -0.136. The number of rotatable bonds is 6. The molecule has 8 heteroatoms. The van der Waals surface area contributed by atoms with E-state index in [0.29, 0.717) is 17.8 Å². The summed E-state index contributed by atoms with van der Waals surface area (Å²) in [6, 6.07) is 1.83. The molecule has 1 aromatic heterocycles. The Bertz CT molecular complexity index is 730. The first-order valence-corrected chi connectivity index (χ1v) is 7.76. The summed E-state index contributed by atoms with van der Waals surface area (Å²) in [5, 5.41) is 15.9. The summed E-state index contributed by atoms with van der Waals surface area (Å²) in [7, 11) is 0. The zero-order chi connectivity index (χ0) is 18.4. The van der Waals surface area contributed by atoms with Crippen molar-refractivity contribution in [2.24, 2.45) is 0 Å². The predicted octanol–water partition coefficient (Wildman–Crippen LogP) is 0.105. The number of nitrogens with one attached hydrogen (secondary N) is 1. The highest BCUT2D eigenvalue weighted by Crippen LogP contribution is 2.05. The first-order valence-electron chi connectivity index (χ1n) is 7.76. The molecule has 0 atom stereocenters.